The highest BCUT2D eigenvalue weighted by Crippen LogP contribution is 2.31. The van der Waals surface area contributed by atoms with Crippen molar-refractivity contribution in [1.29, 1.82) is 0 Å². The highest BCUT2D eigenvalue weighted by molar-refractivity contribution is 6.00. The van der Waals surface area contributed by atoms with Gasteiger partial charge >= 0.3 is 0 Å². The lowest BCUT2D eigenvalue weighted by molar-refractivity contribution is 0.502. The Labute approximate surface area is 137 Å². The van der Waals surface area contributed by atoms with Crippen molar-refractivity contribution in [1.82, 2.24) is 9.78 Å². The Morgan fingerprint density at radius 3 is 2.52 bits per heavy atom. The zero-order valence-electron chi connectivity index (χ0n) is 14.5. The molecule has 0 radical (unpaired) electrons. The molecule has 23 heavy (non-hydrogen) atoms. The Morgan fingerprint density at radius 2 is 1.96 bits per heavy atom. The average molecular weight is 316 g/mol. The molecule has 124 valence electrons. The van der Waals surface area contributed by atoms with Gasteiger partial charge in [0.25, 0.3) is 0 Å². The van der Waals surface area contributed by atoms with Gasteiger partial charge in [-0.25, -0.2) is 9.67 Å². The van der Waals surface area contributed by atoms with Crippen molar-refractivity contribution in [2.45, 2.75) is 40.0 Å². The lowest BCUT2D eigenvalue weighted by Gasteiger charge is -2.16. The number of nitrogens with zero attached hydrogens (tertiary/aromatic N) is 3. The number of hydrogen-bond donors (Lipinski definition) is 1. The van der Waals surface area contributed by atoms with E-state index >= 15 is 0 Å². The van der Waals surface area contributed by atoms with Crippen LogP contribution in [0.2, 0.25) is 0 Å². The summed E-state index contributed by atoms with van der Waals surface area (Å²) in [6.07, 6.45) is 1.06. The van der Waals surface area contributed by atoms with Crippen LogP contribution in [0.3, 0.4) is 0 Å². The summed E-state index contributed by atoms with van der Waals surface area (Å²) in [5.74, 6) is 0.661. The predicted octanol–water partition coefficient (Wildman–Crippen LogP) is 4.05. The topological polar surface area (TPSA) is 56.2 Å². The average Bonchev–Trinajstić information content (AvgIpc) is 2.71. The third-order valence-electron chi connectivity index (χ3n) is 3.94. The fraction of sp³-hybridized carbons (Fsp3) is 0.444. The smallest absolute Gasteiger partial charge is 0.222 e. The first-order valence-electron chi connectivity index (χ1n) is 7.93. The van der Waals surface area contributed by atoms with E-state index in [9.17, 15) is 4.39 Å². The van der Waals surface area contributed by atoms with Crippen LogP contribution in [0, 0.1) is 18.8 Å². The van der Waals surface area contributed by atoms with Crippen LogP contribution in [0.5, 0.6) is 0 Å². The molecule has 0 aliphatic carbocycles. The maximum Gasteiger partial charge on any atom is 0.222 e. The van der Waals surface area contributed by atoms with Crippen LogP contribution in [0.1, 0.15) is 49.9 Å². The van der Waals surface area contributed by atoms with E-state index in [0.717, 1.165) is 17.7 Å². The molecule has 0 amide bonds. The van der Waals surface area contributed by atoms with Crippen molar-refractivity contribution < 1.29 is 4.39 Å². The van der Waals surface area contributed by atoms with E-state index in [1.165, 1.54) is 4.68 Å². The highest BCUT2D eigenvalue weighted by atomic mass is 19.1. The lowest BCUT2D eigenvalue weighted by Crippen LogP contribution is -2.16. The molecule has 0 fully saturated rings. The first-order chi connectivity index (χ1) is 10.8. The Hall–Kier alpha value is -2.17. The SMILES string of the molecule is Cc1nn(C)c(F)c1C(N)=Nc1ccccc1C(C)CC(C)C. The van der Waals surface area contributed by atoms with Crippen LogP contribution >= 0.6 is 0 Å². The molecule has 0 spiro atoms. The number of rotatable bonds is 5. The fourth-order valence-electron chi connectivity index (χ4n) is 2.95. The Kier molecular flexibility index (Phi) is 5.19. The molecule has 4 nitrogen and oxygen atoms in total. The van der Waals surface area contributed by atoms with Gasteiger partial charge in [-0.2, -0.15) is 9.49 Å². The number of hydrogen-bond acceptors (Lipinski definition) is 2. The maximum atomic E-state index is 14.1. The van der Waals surface area contributed by atoms with Crippen molar-refractivity contribution in [2.75, 3.05) is 0 Å². The van der Waals surface area contributed by atoms with Crippen LogP contribution in [0.15, 0.2) is 29.3 Å². The third kappa shape index (κ3) is 3.78. The van der Waals surface area contributed by atoms with Crippen molar-refractivity contribution in [3.05, 3.63) is 47.0 Å². The molecule has 1 unspecified atom stereocenters. The summed E-state index contributed by atoms with van der Waals surface area (Å²) < 4.78 is 15.3. The quantitative estimate of drug-likeness (QED) is 0.668. The minimum absolute atomic E-state index is 0.164. The number of aromatic nitrogens is 2. The first kappa shape index (κ1) is 17.2. The van der Waals surface area contributed by atoms with Gasteiger partial charge < -0.3 is 5.73 Å². The minimum Gasteiger partial charge on any atom is -0.383 e. The summed E-state index contributed by atoms with van der Waals surface area (Å²) in [5, 5.41) is 4.05. The zero-order chi connectivity index (χ0) is 17.1. The summed E-state index contributed by atoms with van der Waals surface area (Å²) in [7, 11) is 1.55. The normalized spacial score (nSPS) is 13.6. The number of nitrogens with two attached hydrogens (primary N) is 1. The summed E-state index contributed by atoms with van der Waals surface area (Å²) in [5.41, 5.74) is 8.81. The largest absolute Gasteiger partial charge is 0.383 e. The molecular weight excluding hydrogens is 291 g/mol. The van der Waals surface area contributed by atoms with Crippen LogP contribution in [-0.4, -0.2) is 15.6 Å². The number of halogens is 1. The second kappa shape index (κ2) is 6.94. The van der Waals surface area contributed by atoms with Crippen molar-refractivity contribution in [3.63, 3.8) is 0 Å². The minimum atomic E-state index is -0.462. The molecule has 2 aromatic rings. The van der Waals surface area contributed by atoms with Crippen molar-refractivity contribution >= 4 is 11.5 Å². The van der Waals surface area contributed by atoms with E-state index in [1.807, 2.05) is 18.2 Å². The van der Waals surface area contributed by atoms with E-state index in [1.54, 1.807) is 14.0 Å². The summed E-state index contributed by atoms with van der Waals surface area (Å²) in [6, 6.07) is 7.90. The molecule has 0 bridgehead atoms. The van der Waals surface area contributed by atoms with Gasteiger partial charge in [0.2, 0.25) is 5.95 Å². The second-order valence-electron chi connectivity index (χ2n) is 6.46. The van der Waals surface area contributed by atoms with E-state index in [4.69, 9.17) is 5.73 Å². The predicted molar refractivity (Wildman–Crippen MR) is 92.6 cm³/mol. The first-order valence-corrected chi connectivity index (χ1v) is 7.93. The summed E-state index contributed by atoms with van der Waals surface area (Å²) >= 11 is 0. The van der Waals surface area contributed by atoms with Crippen LogP contribution in [0.25, 0.3) is 0 Å². The zero-order valence-corrected chi connectivity index (χ0v) is 14.5. The number of para-hydroxylation sites is 1. The number of amidine groups is 1. The maximum absolute atomic E-state index is 14.1. The molecule has 0 saturated heterocycles. The van der Waals surface area contributed by atoms with Crippen LogP contribution in [0.4, 0.5) is 10.1 Å². The molecule has 1 aromatic carbocycles. The molecule has 0 saturated carbocycles. The van der Waals surface area contributed by atoms with Gasteiger partial charge in [-0.3, -0.25) is 0 Å². The molecule has 1 atom stereocenters. The van der Waals surface area contributed by atoms with Gasteiger partial charge in [-0.1, -0.05) is 39.0 Å². The Balaban J connectivity index is 2.43. The lowest BCUT2D eigenvalue weighted by atomic mass is 9.91. The van der Waals surface area contributed by atoms with Gasteiger partial charge in [-0.05, 0) is 36.8 Å². The molecule has 0 aliphatic rings. The molecule has 1 heterocycles. The number of aliphatic imine (C=N–C) groups is 1. The van der Waals surface area contributed by atoms with Gasteiger partial charge in [0.15, 0.2) is 0 Å². The second-order valence-corrected chi connectivity index (χ2v) is 6.46. The highest BCUT2D eigenvalue weighted by Gasteiger charge is 2.18. The molecule has 5 heteroatoms. The van der Waals surface area contributed by atoms with E-state index in [0.29, 0.717) is 17.5 Å². The monoisotopic (exact) mass is 316 g/mol. The van der Waals surface area contributed by atoms with E-state index in [-0.39, 0.29) is 11.4 Å². The third-order valence-corrected chi connectivity index (χ3v) is 3.94. The van der Waals surface area contributed by atoms with Crippen LogP contribution in [-0.2, 0) is 7.05 Å². The summed E-state index contributed by atoms with van der Waals surface area (Å²) in [4.78, 5) is 4.49. The summed E-state index contributed by atoms with van der Waals surface area (Å²) in [6.45, 7) is 8.31. The molecular formula is C18H25FN4. The molecule has 1 aromatic heterocycles. The Morgan fingerprint density at radius 1 is 1.30 bits per heavy atom. The van der Waals surface area contributed by atoms with E-state index in [2.05, 4.69) is 36.9 Å². The fourth-order valence-corrected chi connectivity index (χ4v) is 2.95. The van der Waals surface area contributed by atoms with Crippen molar-refractivity contribution in [3.8, 4) is 0 Å². The standard InChI is InChI=1S/C18H25FN4/c1-11(2)10-12(3)14-8-6-7-9-15(14)21-18(20)16-13(4)22-23(5)17(16)19/h6-9,11-12H,10H2,1-5H3,(H2,20,21). The van der Waals surface area contributed by atoms with Crippen LogP contribution < -0.4 is 5.73 Å². The number of aryl methyl sites for hydroxylation is 2. The molecule has 2 N–H and O–H groups in total. The number of benzene rings is 1. The van der Waals surface area contributed by atoms with Gasteiger partial charge in [-0.15, -0.1) is 0 Å². The Bertz CT molecular complexity index is 716. The van der Waals surface area contributed by atoms with E-state index < -0.39 is 5.95 Å². The van der Waals surface area contributed by atoms with Gasteiger partial charge in [0, 0.05) is 7.05 Å². The van der Waals surface area contributed by atoms with Gasteiger partial charge in [0.05, 0.1) is 16.9 Å². The molecule has 0 aliphatic heterocycles. The molecule has 2 rings (SSSR count). The van der Waals surface area contributed by atoms with Gasteiger partial charge in [0.1, 0.15) is 5.84 Å². The van der Waals surface area contributed by atoms with Crippen molar-refractivity contribution in [2.24, 2.45) is 23.7 Å².